The van der Waals surface area contributed by atoms with Crippen molar-refractivity contribution in [3.63, 3.8) is 0 Å². The lowest BCUT2D eigenvalue weighted by Crippen LogP contribution is -2.33. The Bertz CT molecular complexity index is 54.9. The van der Waals surface area contributed by atoms with Crippen LogP contribution in [0, 0.1) is 0 Å². The molecule has 0 spiro atoms. The van der Waals surface area contributed by atoms with Gasteiger partial charge in [-0.05, 0) is 25.7 Å². The highest BCUT2D eigenvalue weighted by Crippen LogP contribution is 2.14. The zero-order valence-electron chi connectivity index (χ0n) is 5.14. The van der Waals surface area contributed by atoms with E-state index in [0.29, 0.717) is 12.1 Å². The van der Waals surface area contributed by atoms with Crippen molar-refractivity contribution in [3.8, 4) is 0 Å². The van der Waals surface area contributed by atoms with E-state index in [9.17, 15) is 0 Å². The predicted octanol–water partition coefficient (Wildman–Crippen LogP) is 0.215. The van der Waals surface area contributed by atoms with E-state index in [4.69, 9.17) is 11.5 Å². The number of rotatable bonds is 0. The molecule has 8 heavy (non-hydrogen) atoms. The molecular formula is C6H14N2. The molecule has 1 saturated carbocycles. The molecule has 0 aromatic rings. The number of hydrogen-bond donors (Lipinski definition) is 2. The molecule has 0 bridgehead atoms. The molecule has 0 heterocycles. The van der Waals surface area contributed by atoms with Crippen molar-refractivity contribution in [1.82, 2.24) is 0 Å². The second-order valence-electron chi connectivity index (χ2n) is 2.67. The molecule has 1 fully saturated rings. The normalized spacial score (nSPS) is 39.8. The van der Waals surface area contributed by atoms with Gasteiger partial charge in [0.05, 0.1) is 0 Å². The van der Waals surface area contributed by atoms with Crippen LogP contribution in [0.25, 0.3) is 0 Å². The Morgan fingerprint density at radius 2 is 1.00 bits per heavy atom. The van der Waals surface area contributed by atoms with E-state index >= 15 is 0 Å². The Balaban J connectivity index is 2.19. The first-order chi connectivity index (χ1) is 3.79. The molecule has 0 radical (unpaired) electrons. The molecule has 1 aliphatic rings. The van der Waals surface area contributed by atoms with Crippen molar-refractivity contribution in [2.45, 2.75) is 37.8 Å². The molecule has 1 rings (SSSR count). The Hall–Kier alpha value is -0.0800. The van der Waals surface area contributed by atoms with Gasteiger partial charge in [-0.1, -0.05) is 0 Å². The summed E-state index contributed by atoms with van der Waals surface area (Å²) >= 11 is 0. The first-order valence-electron chi connectivity index (χ1n) is 3.30. The maximum atomic E-state index is 5.64. The first kappa shape index (κ1) is 6.05. The minimum Gasteiger partial charge on any atom is -0.328 e. The van der Waals surface area contributed by atoms with E-state index in [2.05, 4.69) is 0 Å². The number of hydrogen-bond acceptors (Lipinski definition) is 2. The van der Waals surface area contributed by atoms with Crippen molar-refractivity contribution in [2.75, 3.05) is 0 Å². The van der Waals surface area contributed by atoms with Crippen LogP contribution in [0.1, 0.15) is 25.7 Å². The fourth-order valence-electron chi connectivity index (χ4n) is 1.14. The smallest absolute Gasteiger partial charge is 0.00399 e. The minimum absolute atomic E-state index is 0.440. The highest BCUT2D eigenvalue weighted by molar-refractivity contribution is 4.75. The maximum absolute atomic E-state index is 5.64. The molecule has 2 heteroatoms. The summed E-state index contributed by atoms with van der Waals surface area (Å²) in [6, 6.07) is 0.879. The summed E-state index contributed by atoms with van der Waals surface area (Å²) in [6.07, 6.45) is 4.50. The summed E-state index contributed by atoms with van der Waals surface area (Å²) in [5.74, 6) is 0. The third-order valence-corrected chi connectivity index (χ3v) is 1.82. The van der Waals surface area contributed by atoms with Gasteiger partial charge in [0.2, 0.25) is 0 Å². The standard InChI is InChI=1S/C6H14N2/c7-5-1-2-6(8)4-3-5/h5-6H,1-4,7-8H2/t5-,6+. The molecule has 0 atom stereocenters. The zero-order valence-corrected chi connectivity index (χ0v) is 5.14. The minimum atomic E-state index is 0.440. The Morgan fingerprint density at radius 1 is 0.750 bits per heavy atom. The highest BCUT2D eigenvalue weighted by atomic mass is 14.7. The van der Waals surface area contributed by atoms with Gasteiger partial charge in [0.1, 0.15) is 0 Å². The van der Waals surface area contributed by atoms with Crippen LogP contribution in [0.4, 0.5) is 0 Å². The van der Waals surface area contributed by atoms with Gasteiger partial charge in [-0.3, -0.25) is 0 Å². The Labute approximate surface area is 50.2 Å². The summed E-state index contributed by atoms with van der Waals surface area (Å²) < 4.78 is 0. The van der Waals surface area contributed by atoms with E-state index in [1.165, 1.54) is 0 Å². The van der Waals surface area contributed by atoms with E-state index in [0.717, 1.165) is 25.7 Å². The largest absolute Gasteiger partial charge is 0.328 e. The van der Waals surface area contributed by atoms with Gasteiger partial charge < -0.3 is 11.5 Å². The van der Waals surface area contributed by atoms with Crippen molar-refractivity contribution in [3.05, 3.63) is 0 Å². The van der Waals surface area contributed by atoms with Crippen LogP contribution in [-0.2, 0) is 0 Å². The van der Waals surface area contributed by atoms with Crippen LogP contribution in [0.2, 0.25) is 0 Å². The van der Waals surface area contributed by atoms with E-state index in [1.807, 2.05) is 0 Å². The average Bonchev–Trinajstić information content (AvgIpc) is 1.77. The second kappa shape index (κ2) is 2.46. The van der Waals surface area contributed by atoms with Gasteiger partial charge in [0.15, 0.2) is 0 Å². The van der Waals surface area contributed by atoms with Crippen molar-refractivity contribution in [1.29, 1.82) is 0 Å². The van der Waals surface area contributed by atoms with Crippen molar-refractivity contribution >= 4 is 0 Å². The summed E-state index contributed by atoms with van der Waals surface area (Å²) in [4.78, 5) is 0. The molecule has 4 N–H and O–H groups in total. The lowest BCUT2D eigenvalue weighted by atomic mass is 9.93. The summed E-state index contributed by atoms with van der Waals surface area (Å²) in [5.41, 5.74) is 11.3. The quantitative estimate of drug-likeness (QED) is 0.473. The molecule has 0 amide bonds. The lowest BCUT2D eigenvalue weighted by Gasteiger charge is -2.22. The van der Waals surface area contributed by atoms with Gasteiger partial charge in [0, 0.05) is 12.1 Å². The lowest BCUT2D eigenvalue weighted by molar-refractivity contribution is 0.395. The van der Waals surface area contributed by atoms with E-state index in [1.54, 1.807) is 0 Å². The SMILES string of the molecule is N[C@H]1CC[C@@H](N)CC1. The third-order valence-electron chi connectivity index (χ3n) is 1.82. The molecule has 1 aliphatic carbocycles. The summed E-state index contributed by atoms with van der Waals surface area (Å²) in [6.45, 7) is 0. The van der Waals surface area contributed by atoms with Crippen LogP contribution in [0.3, 0.4) is 0 Å². The van der Waals surface area contributed by atoms with Crippen LogP contribution in [-0.4, -0.2) is 12.1 Å². The molecule has 0 aromatic carbocycles. The van der Waals surface area contributed by atoms with Crippen molar-refractivity contribution in [2.24, 2.45) is 11.5 Å². The average molecular weight is 114 g/mol. The molecular weight excluding hydrogens is 100 g/mol. The van der Waals surface area contributed by atoms with Crippen molar-refractivity contribution < 1.29 is 0 Å². The second-order valence-corrected chi connectivity index (χ2v) is 2.67. The van der Waals surface area contributed by atoms with Gasteiger partial charge in [-0.2, -0.15) is 0 Å². The van der Waals surface area contributed by atoms with E-state index < -0.39 is 0 Å². The highest BCUT2D eigenvalue weighted by Gasteiger charge is 2.13. The Morgan fingerprint density at radius 3 is 1.25 bits per heavy atom. The molecule has 48 valence electrons. The fraction of sp³-hybridized carbons (Fsp3) is 1.00. The first-order valence-corrected chi connectivity index (χ1v) is 3.30. The van der Waals surface area contributed by atoms with Gasteiger partial charge in [-0.15, -0.1) is 0 Å². The van der Waals surface area contributed by atoms with Crippen LogP contribution >= 0.6 is 0 Å². The molecule has 2 nitrogen and oxygen atoms in total. The van der Waals surface area contributed by atoms with Gasteiger partial charge in [0.25, 0.3) is 0 Å². The van der Waals surface area contributed by atoms with E-state index in [-0.39, 0.29) is 0 Å². The predicted molar refractivity (Wildman–Crippen MR) is 34.4 cm³/mol. The fourth-order valence-corrected chi connectivity index (χ4v) is 1.14. The summed E-state index contributed by atoms with van der Waals surface area (Å²) in [5, 5.41) is 0. The number of nitrogens with two attached hydrogens (primary N) is 2. The summed E-state index contributed by atoms with van der Waals surface area (Å²) in [7, 11) is 0. The topological polar surface area (TPSA) is 52.0 Å². The third kappa shape index (κ3) is 1.46. The molecule has 0 unspecified atom stereocenters. The molecule has 0 saturated heterocycles. The van der Waals surface area contributed by atoms with Crippen LogP contribution in [0.5, 0.6) is 0 Å². The van der Waals surface area contributed by atoms with Gasteiger partial charge >= 0.3 is 0 Å². The molecule has 0 aliphatic heterocycles. The van der Waals surface area contributed by atoms with Crippen LogP contribution in [0.15, 0.2) is 0 Å². The van der Waals surface area contributed by atoms with Gasteiger partial charge in [-0.25, -0.2) is 0 Å². The molecule has 0 aromatic heterocycles. The zero-order chi connectivity index (χ0) is 5.98. The van der Waals surface area contributed by atoms with Crippen LogP contribution < -0.4 is 11.5 Å². The Kier molecular flexibility index (Phi) is 1.86. The monoisotopic (exact) mass is 114 g/mol. The maximum Gasteiger partial charge on any atom is 0.00399 e.